The average molecular weight is 337 g/mol. The standard InChI is InChI=1S/C17H25BrN2/c1-2-20-17(8-13-7-16(18)11-19-10-13)9-15-6-12-3-4-14(15)5-12/h7,10-12,14-15,17,20H,2-6,8-9H2,1H3. The van der Waals surface area contributed by atoms with Gasteiger partial charge in [0.05, 0.1) is 0 Å². The lowest BCUT2D eigenvalue weighted by Crippen LogP contribution is -2.34. The highest BCUT2D eigenvalue weighted by Crippen LogP contribution is 2.49. The molecular formula is C17H25BrN2. The second-order valence-electron chi connectivity index (χ2n) is 6.64. The number of hydrogen-bond acceptors (Lipinski definition) is 2. The Morgan fingerprint density at radius 2 is 2.25 bits per heavy atom. The maximum atomic E-state index is 4.29. The van der Waals surface area contributed by atoms with Gasteiger partial charge in [0, 0.05) is 22.9 Å². The lowest BCUT2D eigenvalue weighted by atomic mass is 9.83. The topological polar surface area (TPSA) is 24.9 Å². The molecule has 2 bridgehead atoms. The van der Waals surface area contributed by atoms with Crippen LogP contribution >= 0.6 is 15.9 Å². The van der Waals surface area contributed by atoms with E-state index in [4.69, 9.17) is 0 Å². The Balaban J connectivity index is 1.60. The highest BCUT2D eigenvalue weighted by Gasteiger charge is 2.39. The summed E-state index contributed by atoms with van der Waals surface area (Å²) in [7, 11) is 0. The quantitative estimate of drug-likeness (QED) is 0.842. The van der Waals surface area contributed by atoms with Crippen LogP contribution in [-0.4, -0.2) is 17.6 Å². The van der Waals surface area contributed by atoms with Crippen molar-refractivity contribution in [3.05, 3.63) is 28.5 Å². The van der Waals surface area contributed by atoms with Gasteiger partial charge in [-0.25, -0.2) is 0 Å². The minimum Gasteiger partial charge on any atom is -0.314 e. The summed E-state index contributed by atoms with van der Waals surface area (Å²) in [5, 5.41) is 3.69. The van der Waals surface area contributed by atoms with Crippen molar-refractivity contribution in [3.8, 4) is 0 Å². The molecule has 0 aromatic carbocycles. The predicted molar refractivity (Wildman–Crippen MR) is 86.7 cm³/mol. The minimum absolute atomic E-state index is 0.612. The first-order chi connectivity index (χ1) is 9.74. The van der Waals surface area contributed by atoms with Crippen LogP contribution in [0.3, 0.4) is 0 Å². The summed E-state index contributed by atoms with van der Waals surface area (Å²) >= 11 is 3.52. The molecule has 1 aromatic rings. The monoisotopic (exact) mass is 336 g/mol. The summed E-state index contributed by atoms with van der Waals surface area (Å²) in [5.74, 6) is 3.06. The van der Waals surface area contributed by atoms with E-state index >= 15 is 0 Å². The van der Waals surface area contributed by atoms with E-state index < -0.39 is 0 Å². The molecule has 0 amide bonds. The SMILES string of the molecule is CCNC(Cc1cncc(Br)c1)CC1CC2CCC1C2. The molecule has 1 N–H and O–H groups in total. The third-order valence-electron chi connectivity index (χ3n) is 5.21. The molecule has 0 radical (unpaired) electrons. The Morgan fingerprint density at radius 1 is 1.35 bits per heavy atom. The zero-order chi connectivity index (χ0) is 13.9. The Bertz CT molecular complexity index is 448. The molecule has 20 heavy (non-hydrogen) atoms. The number of pyridine rings is 1. The molecule has 1 aromatic heterocycles. The van der Waals surface area contributed by atoms with Gasteiger partial charge in [0.1, 0.15) is 0 Å². The van der Waals surface area contributed by atoms with Gasteiger partial charge in [-0.05, 0) is 84.0 Å². The maximum absolute atomic E-state index is 4.29. The van der Waals surface area contributed by atoms with Crippen LogP contribution in [0.5, 0.6) is 0 Å². The molecule has 2 nitrogen and oxygen atoms in total. The summed E-state index contributed by atoms with van der Waals surface area (Å²) in [6.45, 7) is 3.28. The number of aromatic nitrogens is 1. The van der Waals surface area contributed by atoms with Crippen LogP contribution in [0, 0.1) is 17.8 Å². The molecule has 4 unspecified atom stereocenters. The van der Waals surface area contributed by atoms with E-state index in [1.165, 1.54) is 37.7 Å². The highest BCUT2D eigenvalue weighted by molar-refractivity contribution is 9.10. The molecular weight excluding hydrogens is 312 g/mol. The summed E-state index contributed by atoms with van der Waals surface area (Å²) < 4.78 is 1.09. The van der Waals surface area contributed by atoms with Crippen LogP contribution in [0.15, 0.2) is 22.9 Å². The molecule has 2 saturated carbocycles. The molecule has 0 spiro atoms. The third kappa shape index (κ3) is 3.43. The van der Waals surface area contributed by atoms with Gasteiger partial charge in [-0.15, -0.1) is 0 Å². The summed E-state index contributed by atoms with van der Waals surface area (Å²) in [6.07, 6.45) is 12.3. The first kappa shape index (κ1) is 14.5. The fourth-order valence-corrected chi connectivity index (χ4v) is 4.82. The van der Waals surface area contributed by atoms with Crippen molar-refractivity contribution >= 4 is 15.9 Å². The lowest BCUT2D eigenvalue weighted by Gasteiger charge is -2.27. The Hall–Kier alpha value is -0.410. The summed E-state index contributed by atoms with van der Waals surface area (Å²) in [6, 6.07) is 2.82. The van der Waals surface area contributed by atoms with Crippen LogP contribution in [0.2, 0.25) is 0 Å². The van der Waals surface area contributed by atoms with Gasteiger partial charge in [0.15, 0.2) is 0 Å². The number of rotatable bonds is 6. The predicted octanol–water partition coefficient (Wildman–Crippen LogP) is 4.19. The van der Waals surface area contributed by atoms with Gasteiger partial charge in [0.25, 0.3) is 0 Å². The van der Waals surface area contributed by atoms with E-state index in [1.54, 1.807) is 0 Å². The molecule has 0 aliphatic heterocycles. The number of nitrogens with one attached hydrogen (secondary N) is 1. The van der Waals surface area contributed by atoms with Crippen molar-refractivity contribution in [1.29, 1.82) is 0 Å². The first-order valence-corrected chi connectivity index (χ1v) is 8.86. The number of nitrogens with zero attached hydrogens (tertiary/aromatic N) is 1. The molecule has 3 rings (SSSR count). The van der Waals surface area contributed by atoms with Crippen molar-refractivity contribution in [3.63, 3.8) is 0 Å². The summed E-state index contributed by atoms with van der Waals surface area (Å²) in [5.41, 5.74) is 1.34. The zero-order valence-electron chi connectivity index (χ0n) is 12.3. The average Bonchev–Trinajstić information content (AvgIpc) is 3.01. The number of likely N-dealkylation sites (N-methyl/N-ethyl adjacent to an activating group) is 1. The number of hydrogen-bond donors (Lipinski definition) is 1. The number of halogens is 1. The van der Waals surface area contributed by atoms with Crippen molar-refractivity contribution in [2.75, 3.05) is 6.54 Å². The smallest absolute Gasteiger partial charge is 0.0410 e. The molecule has 2 aliphatic rings. The van der Waals surface area contributed by atoms with Gasteiger partial charge >= 0.3 is 0 Å². The highest BCUT2D eigenvalue weighted by atomic mass is 79.9. The van der Waals surface area contributed by atoms with E-state index in [2.05, 4.69) is 39.2 Å². The van der Waals surface area contributed by atoms with Crippen molar-refractivity contribution in [2.45, 2.75) is 51.5 Å². The van der Waals surface area contributed by atoms with E-state index in [1.807, 2.05) is 12.4 Å². The van der Waals surface area contributed by atoms with Gasteiger partial charge in [-0.1, -0.05) is 13.3 Å². The van der Waals surface area contributed by atoms with E-state index in [0.29, 0.717) is 6.04 Å². The Kier molecular flexibility index (Phi) is 4.77. The molecule has 2 fully saturated rings. The van der Waals surface area contributed by atoms with Gasteiger partial charge < -0.3 is 5.32 Å². The zero-order valence-corrected chi connectivity index (χ0v) is 13.9. The third-order valence-corrected chi connectivity index (χ3v) is 5.64. The van der Waals surface area contributed by atoms with Gasteiger partial charge in [-0.3, -0.25) is 4.98 Å². The number of fused-ring (bicyclic) bond motifs is 2. The lowest BCUT2D eigenvalue weighted by molar-refractivity contribution is 0.278. The van der Waals surface area contributed by atoms with Crippen LogP contribution in [-0.2, 0) is 6.42 Å². The second-order valence-corrected chi connectivity index (χ2v) is 7.56. The fourth-order valence-electron chi connectivity index (χ4n) is 4.41. The van der Waals surface area contributed by atoms with E-state index in [0.717, 1.165) is 35.2 Å². The maximum Gasteiger partial charge on any atom is 0.0410 e. The Labute approximate surface area is 130 Å². The largest absolute Gasteiger partial charge is 0.314 e. The molecule has 0 saturated heterocycles. The van der Waals surface area contributed by atoms with Gasteiger partial charge in [-0.2, -0.15) is 0 Å². The second kappa shape index (κ2) is 6.57. The van der Waals surface area contributed by atoms with Gasteiger partial charge in [0.2, 0.25) is 0 Å². The molecule has 3 heteroatoms. The van der Waals surface area contributed by atoms with Crippen LogP contribution in [0.4, 0.5) is 0 Å². The fraction of sp³-hybridized carbons (Fsp3) is 0.706. The van der Waals surface area contributed by atoms with Crippen molar-refractivity contribution in [1.82, 2.24) is 10.3 Å². The minimum atomic E-state index is 0.612. The Morgan fingerprint density at radius 3 is 2.90 bits per heavy atom. The van der Waals surface area contributed by atoms with Crippen molar-refractivity contribution < 1.29 is 0 Å². The normalized spacial score (nSPS) is 29.8. The molecule has 4 atom stereocenters. The van der Waals surface area contributed by atoms with E-state index in [-0.39, 0.29) is 0 Å². The van der Waals surface area contributed by atoms with Crippen LogP contribution < -0.4 is 5.32 Å². The van der Waals surface area contributed by atoms with Crippen molar-refractivity contribution in [2.24, 2.45) is 17.8 Å². The molecule has 2 aliphatic carbocycles. The summed E-state index contributed by atoms with van der Waals surface area (Å²) in [4.78, 5) is 4.29. The molecule has 110 valence electrons. The van der Waals surface area contributed by atoms with E-state index in [9.17, 15) is 0 Å². The first-order valence-electron chi connectivity index (χ1n) is 8.07. The van der Waals surface area contributed by atoms with Crippen LogP contribution in [0.1, 0.15) is 44.6 Å². The molecule has 1 heterocycles. The van der Waals surface area contributed by atoms with Crippen LogP contribution in [0.25, 0.3) is 0 Å².